The van der Waals surface area contributed by atoms with Crippen molar-refractivity contribution < 1.29 is 8.42 Å². The first kappa shape index (κ1) is 14.9. The summed E-state index contributed by atoms with van der Waals surface area (Å²) in [6.45, 7) is 5.39. The Hall–Kier alpha value is -1.51. The smallest absolute Gasteiger partial charge is 0.281 e. The van der Waals surface area contributed by atoms with E-state index in [1.54, 1.807) is 18.5 Å². The van der Waals surface area contributed by atoms with E-state index in [1.807, 2.05) is 13.8 Å². The Morgan fingerprint density at radius 1 is 1.25 bits per heavy atom. The molecule has 8 heteroatoms. The van der Waals surface area contributed by atoms with Gasteiger partial charge < -0.3 is 5.32 Å². The minimum atomic E-state index is -3.67. The molecule has 108 valence electrons. The molecule has 20 heavy (non-hydrogen) atoms. The van der Waals surface area contributed by atoms with Crippen molar-refractivity contribution in [2.75, 3.05) is 11.3 Å². The number of aryl methyl sites for hydroxylation is 1. The van der Waals surface area contributed by atoms with Crippen LogP contribution in [0.1, 0.15) is 17.4 Å². The largest absolute Gasteiger partial charge is 0.313 e. The maximum Gasteiger partial charge on any atom is 0.281 e. The summed E-state index contributed by atoms with van der Waals surface area (Å²) in [6.07, 6.45) is 3.18. The van der Waals surface area contributed by atoms with E-state index < -0.39 is 10.0 Å². The van der Waals surface area contributed by atoms with Crippen molar-refractivity contribution in [1.82, 2.24) is 15.3 Å². The molecule has 0 aliphatic heterocycles. The molecule has 0 radical (unpaired) electrons. The first-order valence-electron chi connectivity index (χ1n) is 6.12. The maximum absolute atomic E-state index is 12.1. The molecule has 0 amide bonds. The fraction of sp³-hybridized carbons (Fsp3) is 0.333. The molecule has 0 atom stereocenters. The molecule has 0 aliphatic rings. The topological polar surface area (TPSA) is 84.0 Å². The van der Waals surface area contributed by atoms with E-state index in [1.165, 1.54) is 17.4 Å². The maximum atomic E-state index is 12.1. The lowest BCUT2D eigenvalue weighted by Gasteiger charge is -2.06. The van der Waals surface area contributed by atoms with Crippen LogP contribution in [0.4, 0.5) is 5.13 Å². The Balaban J connectivity index is 2.13. The molecule has 0 saturated heterocycles. The molecular weight excluding hydrogens is 296 g/mol. The standard InChI is InChI=1S/C12H16N4O2S2/c1-3-13-7-10-4-5-11(14-8-10)20(17,18)16-12-15-6-9(2)19-12/h4-6,8,13H,3,7H2,1-2H3,(H,15,16). The van der Waals surface area contributed by atoms with Crippen LogP contribution in [-0.2, 0) is 16.6 Å². The number of anilines is 1. The van der Waals surface area contributed by atoms with Gasteiger partial charge in [0.1, 0.15) is 0 Å². The molecule has 2 aromatic heterocycles. The monoisotopic (exact) mass is 312 g/mol. The summed E-state index contributed by atoms with van der Waals surface area (Å²) in [5, 5.41) is 3.49. The van der Waals surface area contributed by atoms with Crippen LogP contribution in [0.25, 0.3) is 0 Å². The summed E-state index contributed by atoms with van der Waals surface area (Å²) in [6, 6.07) is 3.24. The Morgan fingerprint density at radius 2 is 2.05 bits per heavy atom. The number of nitrogens with one attached hydrogen (secondary N) is 2. The summed E-state index contributed by atoms with van der Waals surface area (Å²) in [5.74, 6) is 0. The Kier molecular flexibility index (Phi) is 4.69. The molecule has 2 N–H and O–H groups in total. The third kappa shape index (κ3) is 3.75. The van der Waals surface area contributed by atoms with Crippen molar-refractivity contribution in [1.29, 1.82) is 0 Å². The van der Waals surface area contributed by atoms with Gasteiger partial charge in [-0.1, -0.05) is 13.0 Å². The number of hydrogen-bond acceptors (Lipinski definition) is 6. The van der Waals surface area contributed by atoms with E-state index in [-0.39, 0.29) is 5.03 Å². The number of pyridine rings is 1. The van der Waals surface area contributed by atoms with E-state index >= 15 is 0 Å². The van der Waals surface area contributed by atoms with Crippen molar-refractivity contribution in [2.24, 2.45) is 0 Å². The number of hydrogen-bond donors (Lipinski definition) is 2. The lowest BCUT2D eigenvalue weighted by Crippen LogP contribution is -2.15. The van der Waals surface area contributed by atoms with Gasteiger partial charge >= 0.3 is 0 Å². The number of thiazole rings is 1. The quantitative estimate of drug-likeness (QED) is 0.849. The molecule has 2 aromatic rings. The van der Waals surface area contributed by atoms with Gasteiger partial charge in [-0.15, -0.1) is 11.3 Å². The second kappa shape index (κ2) is 6.29. The molecule has 6 nitrogen and oxygen atoms in total. The highest BCUT2D eigenvalue weighted by atomic mass is 32.2. The average molecular weight is 312 g/mol. The van der Waals surface area contributed by atoms with E-state index in [4.69, 9.17) is 0 Å². The fourth-order valence-corrected chi connectivity index (χ4v) is 3.35. The molecular formula is C12H16N4O2S2. The summed E-state index contributed by atoms with van der Waals surface area (Å²) in [7, 11) is -3.67. The molecule has 0 saturated carbocycles. The lowest BCUT2D eigenvalue weighted by molar-refractivity contribution is 0.597. The molecule has 0 aromatic carbocycles. The van der Waals surface area contributed by atoms with Gasteiger partial charge in [0.25, 0.3) is 10.0 Å². The summed E-state index contributed by atoms with van der Waals surface area (Å²) >= 11 is 1.28. The van der Waals surface area contributed by atoms with Crippen LogP contribution in [0.5, 0.6) is 0 Å². The van der Waals surface area contributed by atoms with Crippen LogP contribution < -0.4 is 10.0 Å². The summed E-state index contributed by atoms with van der Waals surface area (Å²) < 4.78 is 26.6. The average Bonchev–Trinajstić information content (AvgIpc) is 2.81. The minimum absolute atomic E-state index is 0.00870. The van der Waals surface area contributed by atoms with E-state index in [9.17, 15) is 8.42 Å². The number of aromatic nitrogens is 2. The van der Waals surface area contributed by atoms with Crippen molar-refractivity contribution in [3.8, 4) is 0 Å². The predicted octanol–water partition coefficient (Wildman–Crippen LogP) is 1.76. The first-order chi connectivity index (χ1) is 9.51. The van der Waals surface area contributed by atoms with Gasteiger partial charge in [-0.2, -0.15) is 8.42 Å². The van der Waals surface area contributed by atoms with Crippen LogP contribution >= 0.6 is 11.3 Å². The van der Waals surface area contributed by atoms with Gasteiger partial charge in [0.15, 0.2) is 10.2 Å². The van der Waals surface area contributed by atoms with Crippen LogP contribution in [0.2, 0.25) is 0 Å². The summed E-state index contributed by atoms with van der Waals surface area (Å²) in [4.78, 5) is 8.91. The number of nitrogens with zero attached hydrogens (tertiary/aromatic N) is 2. The van der Waals surface area contributed by atoms with Crippen LogP contribution in [0.3, 0.4) is 0 Å². The van der Waals surface area contributed by atoms with Crippen LogP contribution in [0.15, 0.2) is 29.6 Å². The Bertz CT molecular complexity index is 665. The zero-order chi connectivity index (χ0) is 14.6. The number of rotatable bonds is 6. The third-order valence-electron chi connectivity index (χ3n) is 2.49. The van der Waals surface area contributed by atoms with Crippen molar-refractivity contribution in [2.45, 2.75) is 25.4 Å². The first-order valence-corrected chi connectivity index (χ1v) is 8.42. The fourth-order valence-electron chi connectivity index (χ4n) is 1.51. The normalized spacial score (nSPS) is 11.5. The molecule has 2 heterocycles. The van der Waals surface area contributed by atoms with E-state index in [0.29, 0.717) is 11.7 Å². The van der Waals surface area contributed by atoms with Gasteiger partial charge in [-0.25, -0.2) is 9.97 Å². The highest BCUT2D eigenvalue weighted by Gasteiger charge is 2.17. The van der Waals surface area contributed by atoms with Gasteiger partial charge in [0, 0.05) is 23.8 Å². The molecule has 0 fully saturated rings. The summed E-state index contributed by atoms with van der Waals surface area (Å²) in [5.41, 5.74) is 0.941. The third-order valence-corrected chi connectivity index (χ3v) is 4.71. The Morgan fingerprint density at radius 3 is 2.60 bits per heavy atom. The van der Waals surface area contributed by atoms with Crippen molar-refractivity contribution >= 4 is 26.5 Å². The minimum Gasteiger partial charge on any atom is -0.313 e. The predicted molar refractivity (Wildman–Crippen MR) is 79.3 cm³/mol. The van der Waals surface area contributed by atoms with E-state index in [0.717, 1.165) is 17.0 Å². The van der Waals surface area contributed by atoms with Crippen LogP contribution in [-0.4, -0.2) is 24.9 Å². The Labute approximate surface area is 122 Å². The van der Waals surface area contributed by atoms with Gasteiger partial charge in [-0.05, 0) is 25.1 Å². The SMILES string of the molecule is CCNCc1ccc(S(=O)(=O)Nc2ncc(C)s2)nc1. The van der Waals surface area contributed by atoms with E-state index in [2.05, 4.69) is 20.0 Å². The zero-order valence-corrected chi connectivity index (χ0v) is 12.9. The van der Waals surface area contributed by atoms with Gasteiger partial charge in [0.05, 0.1) is 0 Å². The lowest BCUT2D eigenvalue weighted by atomic mass is 10.3. The molecule has 0 unspecified atom stereocenters. The van der Waals surface area contributed by atoms with Crippen LogP contribution in [0, 0.1) is 6.92 Å². The number of sulfonamides is 1. The zero-order valence-electron chi connectivity index (χ0n) is 11.3. The van der Waals surface area contributed by atoms with Gasteiger partial charge in [0.2, 0.25) is 0 Å². The highest BCUT2D eigenvalue weighted by Crippen LogP contribution is 2.20. The molecule has 0 aliphatic carbocycles. The molecule has 0 bridgehead atoms. The molecule has 0 spiro atoms. The second-order valence-corrected chi connectivity index (χ2v) is 7.03. The van der Waals surface area contributed by atoms with Crippen molar-refractivity contribution in [3.05, 3.63) is 35.0 Å². The van der Waals surface area contributed by atoms with Crippen molar-refractivity contribution in [3.63, 3.8) is 0 Å². The van der Waals surface area contributed by atoms with Gasteiger partial charge in [-0.3, -0.25) is 4.72 Å². The highest BCUT2D eigenvalue weighted by molar-refractivity contribution is 7.92. The molecule has 2 rings (SSSR count). The second-order valence-electron chi connectivity index (χ2n) is 4.17.